The van der Waals surface area contributed by atoms with Crippen LogP contribution in [0.4, 0.5) is 0 Å². The second-order valence-corrected chi connectivity index (χ2v) is 3.34. The standard InChI is InChI=1S/C8H15NO5/c1-4(11)9-5-3-14-6(2-10)8(13)7(5)12/h5-8,10,12-13H,2-3H2,1H3,(H,9,11)/t5-,6+,7+,8+/m1/s1. The number of rotatable bonds is 2. The first-order chi connectivity index (χ1) is 6.56. The summed E-state index contributed by atoms with van der Waals surface area (Å²) in [5.41, 5.74) is 0. The van der Waals surface area contributed by atoms with E-state index in [2.05, 4.69) is 5.32 Å². The van der Waals surface area contributed by atoms with E-state index in [0.29, 0.717) is 0 Å². The molecule has 6 nitrogen and oxygen atoms in total. The molecule has 1 rings (SSSR count). The van der Waals surface area contributed by atoms with Gasteiger partial charge in [-0.3, -0.25) is 4.79 Å². The number of carbonyl (C=O) groups is 1. The number of carbonyl (C=O) groups excluding carboxylic acids is 1. The highest BCUT2D eigenvalue weighted by molar-refractivity contribution is 5.73. The van der Waals surface area contributed by atoms with E-state index in [4.69, 9.17) is 9.84 Å². The largest absolute Gasteiger partial charge is 0.394 e. The summed E-state index contributed by atoms with van der Waals surface area (Å²) in [6, 6.07) is -0.620. The van der Waals surface area contributed by atoms with Crippen LogP contribution in [0.5, 0.6) is 0 Å². The predicted molar refractivity (Wildman–Crippen MR) is 46.4 cm³/mol. The molecule has 0 spiro atoms. The van der Waals surface area contributed by atoms with Gasteiger partial charge in [-0.1, -0.05) is 0 Å². The lowest BCUT2D eigenvalue weighted by Crippen LogP contribution is -2.59. The molecule has 0 aromatic rings. The summed E-state index contributed by atoms with van der Waals surface area (Å²) in [7, 11) is 0. The van der Waals surface area contributed by atoms with Crippen LogP contribution in [0.15, 0.2) is 0 Å². The smallest absolute Gasteiger partial charge is 0.217 e. The molecule has 0 unspecified atom stereocenters. The van der Waals surface area contributed by atoms with Gasteiger partial charge in [0.1, 0.15) is 18.3 Å². The quantitative estimate of drug-likeness (QED) is 0.403. The molecule has 1 aliphatic heterocycles. The van der Waals surface area contributed by atoms with Crippen molar-refractivity contribution < 1.29 is 24.9 Å². The molecule has 0 saturated carbocycles. The van der Waals surface area contributed by atoms with Crippen LogP contribution >= 0.6 is 0 Å². The van der Waals surface area contributed by atoms with Crippen LogP contribution in [0.1, 0.15) is 6.92 Å². The number of hydrogen-bond donors (Lipinski definition) is 4. The molecule has 4 atom stereocenters. The SMILES string of the molecule is CC(=O)N[C@@H]1CO[C@@H](CO)[C@H](O)[C@H]1O. The number of nitrogens with one attached hydrogen (secondary N) is 1. The molecule has 4 N–H and O–H groups in total. The van der Waals surface area contributed by atoms with E-state index < -0.39 is 24.4 Å². The molecule has 0 aromatic carbocycles. The van der Waals surface area contributed by atoms with Gasteiger partial charge in [-0.05, 0) is 0 Å². The Morgan fingerprint density at radius 3 is 2.64 bits per heavy atom. The summed E-state index contributed by atoms with van der Waals surface area (Å²) in [6.45, 7) is 1.05. The van der Waals surface area contributed by atoms with Crippen molar-refractivity contribution in [1.82, 2.24) is 5.32 Å². The minimum absolute atomic E-state index is 0.0863. The molecule has 1 aliphatic rings. The van der Waals surface area contributed by atoms with E-state index in [1.807, 2.05) is 0 Å². The number of ether oxygens (including phenoxy) is 1. The fourth-order valence-corrected chi connectivity index (χ4v) is 1.43. The Labute approximate surface area is 81.5 Å². The van der Waals surface area contributed by atoms with Crippen LogP contribution < -0.4 is 5.32 Å². The van der Waals surface area contributed by atoms with E-state index in [-0.39, 0.29) is 19.1 Å². The van der Waals surface area contributed by atoms with Crippen molar-refractivity contribution >= 4 is 5.91 Å². The highest BCUT2D eigenvalue weighted by atomic mass is 16.5. The van der Waals surface area contributed by atoms with E-state index in [1.54, 1.807) is 0 Å². The zero-order valence-electron chi connectivity index (χ0n) is 7.88. The Bertz CT molecular complexity index is 210. The minimum Gasteiger partial charge on any atom is -0.394 e. The first-order valence-electron chi connectivity index (χ1n) is 4.42. The van der Waals surface area contributed by atoms with Gasteiger partial charge in [-0.15, -0.1) is 0 Å². The van der Waals surface area contributed by atoms with Crippen molar-refractivity contribution in [3.05, 3.63) is 0 Å². The van der Waals surface area contributed by atoms with E-state index in [1.165, 1.54) is 6.92 Å². The van der Waals surface area contributed by atoms with Crippen LogP contribution in [0.25, 0.3) is 0 Å². The molecule has 82 valence electrons. The summed E-state index contributed by atoms with van der Waals surface area (Å²) in [5.74, 6) is -0.299. The molecular weight excluding hydrogens is 190 g/mol. The molecule has 0 radical (unpaired) electrons. The summed E-state index contributed by atoms with van der Waals surface area (Å²) in [6.07, 6.45) is -3.06. The Morgan fingerprint density at radius 1 is 1.50 bits per heavy atom. The van der Waals surface area contributed by atoms with Crippen LogP contribution in [-0.2, 0) is 9.53 Å². The maximum atomic E-state index is 10.7. The maximum absolute atomic E-state index is 10.7. The molecule has 0 aliphatic carbocycles. The summed E-state index contributed by atoms with van der Waals surface area (Å²) in [4.78, 5) is 10.7. The number of aliphatic hydroxyl groups excluding tert-OH is 3. The lowest BCUT2D eigenvalue weighted by Gasteiger charge is -2.36. The lowest BCUT2D eigenvalue weighted by atomic mass is 9.98. The van der Waals surface area contributed by atoms with Crippen molar-refractivity contribution in [3.63, 3.8) is 0 Å². The van der Waals surface area contributed by atoms with Gasteiger partial charge in [0, 0.05) is 6.92 Å². The second-order valence-electron chi connectivity index (χ2n) is 3.34. The zero-order chi connectivity index (χ0) is 10.7. The fourth-order valence-electron chi connectivity index (χ4n) is 1.43. The van der Waals surface area contributed by atoms with Gasteiger partial charge in [0.2, 0.25) is 5.91 Å². The molecular formula is C8H15NO5. The number of aliphatic hydroxyl groups is 3. The average molecular weight is 205 g/mol. The van der Waals surface area contributed by atoms with Crippen molar-refractivity contribution in [2.24, 2.45) is 0 Å². The number of hydrogen-bond acceptors (Lipinski definition) is 5. The van der Waals surface area contributed by atoms with Crippen molar-refractivity contribution in [2.45, 2.75) is 31.3 Å². The van der Waals surface area contributed by atoms with Crippen molar-refractivity contribution in [1.29, 1.82) is 0 Å². The van der Waals surface area contributed by atoms with Gasteiger partial charge in [-0.2, -0.15) is 0 Å². The van der Waals surface area contributed by atoms with Gasteiger partial charge in [-0.25, -0.2) is 0 Å². The van der Waals surface area contributed by atoms with Gasteiger partial charge in [0.15, 0.2) is 0 Å². The zero-order valence-corrected chi connectivity index (χ0v) is 7.88. The Balaban J connectivity index is 2.54. The summed E-state index contributed by atoms with van der Waals surface area (Å²) in [5, 5.41) is 30.2. The lowest BCUT2D eigenvalue weighted by molar-refractivity contribution is -0.164. The third-order valence-electron chi connectivity index (χ3n) is 2.20. The van der Waals surface area contributed by atoms with Crippen LogP contribution in [-0.4, -0.2) is 58.8 Å². The first-order valence-corrected chi connectivity index (χ1v) is 4.42. The van der Waals surface area contributed by atoms with Crippen molar-refractivity contribution in [2.75, 3.05) is 13.2 Å². The topological polar surface area (TPSA) is 99.0 Å². The van der Waals surface area contributed by atoms with Crippen molar-refractivity contribution in [3.8, 4) is 0 Å². The van der Waals surface area contributed by atoms with Gasteiger partial charge >= 0.3 is 0 Å². The Kier molecular flexibility index (Phi) is 3.82. The molecule has 1 heterocycles. The van der Waals surface area contributed by atoms with E-state index in [0.717, 1.165) is 0 Å². The third-order valence-corrected chi connectivity index (χ3v) is 2.20. The minimum atomic E-state index is -1.18. The second kappa shape index (κ2) is 4.70. The Hall–Kier alpha value is -0.690. The molecule has 0 bridgehead atoms. The molecule has 14 heavy (non-hydrogen) atoms. The molecule has 0 aromatic heterocycles. The molecule has 1 amide bonds. The van der Waals surface area contributed by atoms with Gasteiger partial charge in [0.25, 0.3) is 0 Å². The van der Waals surface area contributed by atoms with Crippen LogP contribution in [0.2, 0.25) is 0 Å². The average Bonchev–Trinajstić information content (AvgIpc) is 2.13. The van der Waals surface area contributed by atoms with E-state index in [9.17, 15) is 15.0 Å². The molecule has 1 saturated heterocycles. The van der Waals surface area contributed by atoms with Gasteiger partial charge in [0.05, 0.1) is 19.3 Å². The van der Waals surface area contributed by atoms with Gasteiger partial charge < -0.3 is 25.4 Å². The maximum Gasteiger partial charge on any atom is 0.217 e. The first kappa shape index (κ1) is 11.4. The van der Waals surface area contributed by atoms with Crippen LogP contribution in [0, 0.1) is 0 Å². The highest BCUT2D eigenvalue weighted by Crippen LogP contribution is 2.14. The summed E-state index contributed by atoms with van der Waals surface area (Å²) >= 11 is 0. The monoisotopic (exact) mass is 205 g/mol. The Morgan fingerprint density at radius 2 is 2.14 bits per heavy atom. The number of amides is 1. The highest BCUT2D eigenvalue weighted by Gasteiger charge is 2.38. The molecule has 6 heteroatoms. The van der Waals surface area contributed by atoms with Crippen LogP contribution in [0.3, 0.4) is 0 Å². The summed E-state index contributed by atoms with van der Waals surface area (Å²) < 4.78 is 5.05. The van der Waals surface area contributed by atoms with E-state index >= 15 is 0 Å². The normalized spacial score (nSPS) is 38.0. The predicted octanol–water partition coefficient (Wildman–Crippen LogP) is -2.40. The molecule has 1 fully saturated rings. The third kappa shape index (κ3) is 2.42. The fraction of sp³-hybridized carbons (Fsp3) is 0.875.